The van der Waals surface area contributed by atoms with Crippen LogP contribution in [0.2, 0.25) is 4.34 Å². The quantitative estimate of drug-likeness (QED) is 0.624. The van der Waals surface area contributed by atoms with Crippen molar-refractivity contribution in [3.63, 3.8) is 0 Å². The second-order valence-corrected chi connectivity index (χ2v) is 6.44. The molecule has 104 valence electrons. The van der Waals surface area contributed by atoms with Crippen LogP contribution < -0.4 is 0 Å². The minimum absolute atomic E-state index is 0.263. The summed E-state index contributed by atoms with van der Waals surface area (Å²) in [6.45, 7) is 0.707. The maximum absolute atomic E-state index is 13.7. The van der Waals surface area contributed by atoms with Gasteiger partial charge in [-0.2, -0.15) is 0 Å². The molecule has 0 atom stereocenters. The monoisotopic (exact) mass is 328 g/mol. The lowest BCUT2D eigenvalue weighted by molar-refractivity contribution is 0.637. The minimum Gasteiger partial charge on any atom is -0.327 e. The maximum atomic E-state index is 13.7. The first kappa shape index (κ1) is 13.9. The van der Waals surface area contributed by atoms with Crippen molar-refractivity contribution in [2.45, 2.75) is 18.8 Å². The topological polar surface area (TPSA) is 17.8 Å². The van der Waals surface area contributed by atoms with Gasteiger partial charge in [0.15, 0.2) is 5.82 Å². The molecule has 0 aliphatic heterocycles. The molecule has 0 fully saturated rings. The fourth-order valence-electron chi connectivity index (χ4n) is 2.22. The normalized spacial score (nSPS) is 11.3. The molecule has 1 aromatic carbocycles. The van der Waals surface area contributed by atoms with E-state index in [9.17, 15) is 4.39 Å². The van der Waals surface area contributed by atoms with Crippen LogP contribution in [-0.2, 0) is 18.8 Å². The number of aryl methyl sites for hydroxylation is 2. The van der Waals surface area contributed by atoms with Crippen LogP contribution in [-0.4, -0.2) is 9.55 Å². The summed E-state index contributed by atoms with van der Waals surface area (Å²) in [6.07, 6.45) is 0.823. The molecule has 0 saturated heterocycles. The Morgan fingerprint density at radius 3 is 2.80 bits per heavy atom. The summed E-state index contributed by atoms with van der Waals surface area (Å²) in [4.78, 5) is 5.47. The standard InChI is InChI=1S/C14H11Cl2FN2S/c15-8-13-18-14-10(17)2-1-3-11(14)19(13)7-6-9-4-5-12(16)20-9/h1-5H,6-8H2. The fraction of sp³-hybridized carbons (Fsp3) is 0.214. The highest BCUT2D eigenvalue weighted by molar-refractivity contribution is 7.16. The summed E-state index contributed by atoms with van der Waals surface area (Å²) >= 11 is 13.4. The highest BCUT2D eigenvalue weighted by Gasteiger charge is 2.13. The van der Waals surface area contributed by atoms with Crippen molar-refractivity contribution in [1.29, 1.82) is 0 Å². The lowest BCUT2D eigenvalue weighted by Gasteiger charge is -2.06. The van der Waals surface area contributed by atoms with E-state index in [1.54, 1.807) is 17.4 Å². The molecule has 0 amide bonds. The molecule has 0 radical (unpaired) electrons. The zero-order chi connectivity index (χ0) is 14.1. The van der Waals surface area contributed by atoms with Gasteiger partial charge in [-0.25, -0.2) is 9.37 Å². The highest BCUT2D eigenvalue weighted by Crippen LogP contribution is 2.24. The number of thiophene rings is 1. The summed E-state index contributed by atoms with van der Waals surface area (Å²) in [5.74, 6) is 0.639. The number of halogens is 3. The van der Waals surface area contributed by atoms with Crippen molar-refractivity contribution in [2.24, 2.45) is 0 Å². The third kappa shape index (κ3) is 2.55. The van der Waals surface area contributed by atoms with Crippen molar-refractivity contribution in [3.05, 3.63) is 51.2 Å². The Labute approximate surface area is 129 Å². The Balaban J connectivity index is 1.95. The summed E-state index contributed by atoms with van der Waals surface area (Å²) < 4.78 is 16.5. The molecular weight excluding hydrogens is 318 g/mol. The average molecular weight is 329 g/mol. The predicted octanol–water partition coefficient (Wildman–Crippen LogP) is 4.87. The number of alkyl halides is 1. The van der Waals surface area contributed by atoms with Crippen LogP contribution in [0.15, 0.2) is 30.3 Å². The molecule has 0 aliphatic rings. The number of nitrogens with zero attached hydrogens (tertiary/aromatic N) is 2. The average Bonchev–Trinajstić information content (AvgIpc) is 3.01. The van der Waals surface area contributed by atoms with Crippen molar-refractivity contribution in [1.82, 2.24) is 9.55 Å². The lowest BCUT2D eigenvalue weighted by atomic mass is 10.3. The van der Waals surface area contributed by atoms with Gasteiger partial charge in [0, 0.05) is 11.4 Å². The molecule has 6 heteroatoms. The molecule has 0 saturated carbocycles. The van der Waals surface area contributed by atoms with Crippen molar-refractivity contribution < 1.29 is 4.39 Å². The number of benzene rings is 1. The third-order valence-corrected chi connectivity index (χ3v) is 4.67. The van der Waals surface area contributed by atoms with E-state index in [2.05, 4.69) is 4.98 Å². The summed E-state index contributed by atoms with van der Waals surface area (Å²) in [7, 11) is 0. The van der Waals surface area contributed by atoms with E-state index in [0.29, 0.717) is 17.9 Å². The van der Waals surface area contributed by atoms with Crippen LogP contribution in [0.4, 0.5) is 4.39 Å². The van der Waals surface area contributed by atoms with Gasteiger partial charge in [0.1, 0.15) is 11.3 Å². The van der Waals surface area contributed by atoms with Gasteiger partial charge in [0.05, 0.1) is 15.7 Å². The summed E-state index contributed by atoms with van der Waals surface area (Å²) in [5, 5.41) is 0. The number of aromatic nitrogens is 2. The molecule has 2 heterocycles. The predicted molar refractivity (Wildman–Crippen MR) is 82.3 cm³/mol. The van der Waals surface area contributed by atoms with Crippen LogP contribution in [0.1, 0.15) is 10.7 Å². The van der Waals surface area contributed by atoms with Crippen molar-refractivity contribution in [2.75, 3.05) is 0 Å². The van der Waals surface area contributed by atoms with Crippen molar-refractivity contribution >= 4 is 45.6 Å². The highest BCUT2D eigenvalue weighted by atomic mass is 35.5. The van der Waals surface area contributed by atoms with E-state index in [1.165, 1.54) is 10.9 Å². The fourth-order valence-corrected chi connectivity index (χ4v) is 3.50. The number of hydrogen-bond acceptors (Lipinski definition) is 2. The number of rotatable bonds is 4. The Hall–Kier alpha value is -1.10. The molecule has 0 aliphatic carbocycles. The van der Waals surface area contributed by atoms with Gasteiger partial charge in [-0.15, -0.1) is 22.9 Å². The van der Waals surface area contributed by atoms with Crippen LogP contribution in [0.5, 0.6) is 0 Å². The Bertz CT molecular complexity index is 751. The van der Waals surface area contributed by atoms with Gasteiger partial charge in [-0.1, -0.05) is 17.7 Å². The smallest absolute Gasteiger partial charge is 0.151 e. The van der Waals surface area contributed by atoms with Crippen LogP contribution in [0.25, 0.3) is 11.0 Å². The molecular formula is C14H11Cl2FN2S. The summed E-state index contributed by atoms with van der Waals surface area (Å²) in [6, 6.07) is 8.86. The van der Waals surface area contributed by atoms with Gasteiger partial charge in [0.2, 0.25) is 0 Å². The first-order chi connectivity index (χ1) is 9.69. The molecule has 2 nitrogen and oxygen atoms in total. The zero-order valence-electron chi connectivity index (χ0n) is 10.4. The van der Waals surface area contributed by atoms with Crippen molar-refractivity contribution in [3.8, 4) is 0 Å². The molecule has 2 aromatic heterocycles. The zero-order valence-corrected chi connectivity index (χ0v) is 12.8. The number of hydrogen-bond donors (Lipinski definition) is 0. The Morgan fingerprint density at radius 2 is 2.10 bits per heavy atom. The lowest BCUT2D eigenvalue weighted by Crippen LogP contribution is -2.04. The second kappa shape index (κ2) is 5.72. The molecule has 0 N–H and O–H groups in total. The maximum Gasteiger partial charge on any atom is 0.151 e. The SMILES string of the molecule is Fc1cccc2c1nc(CCl)n2CCc1ccc(Cl)s1. The number of imidazole rings is 1. The number of para-hydroxylation sites is 1. The van der Waals surface area contributed by atoms with E-state index in [1.807, 2.05) is 22.8 Å². The first-order valence-corrected chi connectivity index (χ1v) is 7.85. The van der Waals surface area contributed by atoms with Gasteiger partial charge in [-0.05, 0) is 30.7 Å². The van der Waals surface area contributed by atoms with Gasteiger partial charge < -0.3 is 4.57 Å². The van der Waals surface area contributed by atoms with E-state index < -0.39 is 0 Å². The van der Waals surface area contributed by atoms with Crippen LogP contribution in [0, 0.1) is 5.82 Å². The molecule has 3 aromatic rings. The molecule has 20 heavy (non-hydrogen) atoms. The van der Waals surface area contributed by atoms with Crippen LogP contribution in [0.3, 0.4) is 0 Å². The Morgan fingerprint density at radius 1 is 1.25 bits per heavy atom. The third-order valence-electron chi connectivity index (χ3n) is 3.14. The molecule has 0 spiro atoms. The van der Waals surface area contributed by atoms with E-state index in [4.69, 9.17) is 23.2 Å². The molecule has 0 bridgehead atoms. The van der Waals surface area contributed by atoms with Crippen LogP contribution >= 0.6 is 34.5 Å². The molecule has 0 unspecified atom stereocenters. The van der Waals surface area contributed by atoms with Gasteiger partial charge >= 0.3 is 0 Å². The Kier molecular flexibility index (Phi) is 3.96. The van der Waals surface area contributed by atoms with E-state index in [0.717, 1.165) is 16.3 Å². The largest absolute Gasteiger partial charge is 0.327 e. The van der Waals surface area contributed by atoms with E-state index in [-0.39, 0.29) is 11.7 Å². The minimum atomic E-state index is -0.313. The summed E-state index contributed by atoms with van der Waals surface area (Å²) in [5.41, 5.74) is 1.16. The van der Waals surface area contributed by atoms with Gasteiger partial charge in [0.25, 0.3) is 0 Å². The molecule has 3 rings (SSSR count). The second-order valence-electron chi connectivity index (χ2n) is 4.38. The number of fused-ring (bicyclic) bond motifs is 1. The first-order valence-electron chi connectivity index (χ1n) is 6.13. The van der Waals surface area contributed by atoms with E-state index >= 15 is 0 Å². The van der Waals surface area contributed by atoms with Gasteiger partial charge in [-0.3, -0.25) is 0 Å².